The average molecular weight is 313 g/mol. The molecule has 0 aliphatic rings. The van der Waals surface area contributed by atoms with E-state index in [-0.39, 0.29) is 5.91 Å². The number of fused-ring (bicyclic) bond motifs is 1. The van der Waals surface area contributed by atoms with E-state index < -0.39 is 0 Å². The van der Waals surface area contributed by atoms with Crippen LogP contribution in [0.3, 0.4) is 0 Å². The highest BCUT2D eigenvalue weighted by Crippen LogP contribution is 2.25. The smallest absolute Gasteiger partial charge is 0.273 e. The fourth-order valence-corrected chi connectivity index (χ4v) is 2.63. The predicted octanol–water partition coefficient (Wildman–Crippen LogP) is 3.15. The van der Waals surface area contributed by atoms with Crippen molar-refractivity contribution in [2.24, 2.45) is 0 Å². The first-order chi connectivity index (χ1) is 10.7. The van der Waals surface area contributed by atoms with Crippen LogP contribution in [-0.2, 0) is 0 Å². The molecule has 112 valence electrons. The number of thioether (sulfide) groups is 1. The van der Waals surface area contributed by atoms with Gasteiger partial charge in [-0.1, -0.05) is 12.1 Å². The van der Waals surface area contributed by atoms with Crippen molar-refractivity contribution in [2.45, 2.75) is 4.90 Å². The van der Waals surface area contributed by atoms with Gasteiger partial charge in [0.25, 0.3) is 5.91 Å². The van der Waals surface area contributed by atoms with Crippen molar-refractivity contribution in [3.8, 4) is 5.75 Å². The van der Waals surface area contributed by atoms with Gasteiger partial charge in [0.15, 0.2) is 0 Å². The molecule has 0 aliphatic carbocycles. The molecule has 1 aromatic heterocycles. The standard InChI is InChI=1S/C16H15N3O2S/c1-21-15-9-11(22-2)7-8-12(15)16(20)18-19-10-17-13-5-3-4-6-14(13)19/h3-10H,1-2H3,(H,18,20). The van der Waals surface area contributed by atoms with Crippen molar-refractivity contribution < 1.29 is 9.53 Å². The Morgan fingerprint density at radius 2 is 2.09 bits per heavy atom. The zero-order chi connectivity index (χ0) is 15.5. The molecule has 1 amide bonds. The molecule has 0 fully saturated rings. The Labute approximate surface area is 132 Å². The fraction of sp³-hybridized carbons (Fsp3) is 0.125. The quantitative estimate of drug-likeness (QED) is 0.752. The van der Waals surface area contributed by atoms with Gasteiger partial charge in [-0.2, -0.15) is 0 Å². The molecular formula is C16H15N3O2S. The third kappa shape index (κ3) is 2.65. The van der Waals surface area contributed by atoms with Crippen molar-refractivity contribution in [3.63, 3.8) is 0 Å². The zero-order valence-electron chi connectivity index (χ0n) is 12.2. The minimum atomic E-state index is -0.243. The molecular weight excluding hydrogens is 298 g/mol. The topological polar surface area (TPSA) is 56.1 Å². The van der Waals surface area contributed by atoms with Crippen LogP contribution in [-0.4, -0.2) is 28.9 Å². The van der Waals surface area contributed by atoms with Crippen LogP contribution in [0.25, 0.3) is 11.0 Å². The minimum absolute atomic E-state index is 0.243. The number of imidazole rings is 1. The van der Waals surface area contributed by atoms with Gasteiger partial charge >= 0.3 is 0 Å². The number of carbonyl (C=O) groups excluding carboxylic acids is 1. The van der Waals surface area contributed by atoms with Gasteiger partial charge in [0, 0.05) is 4.90 Å². The third-order valence-electron chi connectivity index (χ3n) is 3.33. The molecule has 22 heavy (non-hydrogen) atoms. The predicted molar refractivity (Wildman–Crippen MR) is 88.2 cm³/mol. The lowest BCUT2D eigenvalue weighted by molar-refractivity contribution is 0.101. The lowest BCUT2D eigenvalue weighted by Gasteiger charge is -2.11. The molecule has 0 bridgehead atoms. The molecule has 0 unspecified atom stereocenters. The number of benzene rings is 2. The normalized spacial score (nSPS) is 10.6. The Kier molecular flexibility index (Phi) is 4.02. The van der Waals surface area contributed by atoms with E-state index in [1.165, 1.54) is 0 Å². The first kappa shape index (κ1) is 14.5. The van der Waals surface area contributed by atoms with Gasteiger partial charge in [-0.15, -0.1) is 11.8 Å². The van der Waals surface area contributed by atoms with E-state index in [2.05, 4.69) is 10.4 Å². The number of aromatic nitrogens is 2. The maximum Gasteiger partial charge on any atom is 0.273 e. The summed E-state index contributed by atoms with van der Waals surface area (Å²) in [5.74, 6) is 0.307. The molecule has 3 aromatic rings. The lowest BCUT2D eigenvalue weighted by Crippen LogP contribution is -2.22. The van der Waals surface area contributed by atoms with Gasteiger partial charge in [0.1, 0.15) is 12.1 Å². The molecule has 6 heteroatoms. The van der Waals surface area contributed by atoms with E-state index in [0.717, 1.165) is 15.9 Å². The molecule has 2 aromatic carbocycles. The van der Waals surface area contributed by atoms with Crippen LogP contribution in [0, 0.1) is 0 Å². The summed E-state index contributed by atoms with van der Waals surface area (Å²) >= 11 is 1.60. The van der Waals surface area contributed by atoms with Crippen LogP contribution in [0.5, 0.6) is 5.75 Å². The molecule has 0 saturated carbocycles. The second kappa shape index (κ2) is 6.11. The number of ether oxygens (including phenoxy) is 1. The number of methoxy groups -OCH3 is 1. The highest BCUT2D eigenvalue weighted by molar-refractivity contribution is 7.98. The Morgan fingerprint density at radius 1 is 1.27 bits per heavy atom. The first-order valence-electron chi connectivity index (χ1n) is 6.68. The van der Waals surface area contributed by atoms with Gasteiger partial charge in [0.2, 0.25) is 0 Å². The van der Waals surface area contributed by atoms with Crippen LogP contribution >= 0.6 is 11.8 Å². The number of nitrogens with one attached hydrogen (secondary N) is 1. The zero-order valence-corrected chi connectivity index (χ0v) is 13.1. The van der Waals surface area contributed by atoms with Gasteiger partial charge in [0.05, 0.1) is 23.7 Å². The van der Waals surface area contributed by atoms with Gasteiger partial charge < -0.3 is 4.74 Å². The summed E-state index contributed by atoms with van der Waals surface area (Å²) in [5.41, 5.74) is 4.98. The molecule has 0 aliphatic heterocycles. The fourth-order valence-electron chi connectivity index (χ4n) is 2.20. The number of hydrogen-bond acceptors (Lipinski definition) is 4. The Morgan fingerprint density at radius 3 is 2.86 bits per heavy atom. The SMILES string of the molecule is COc1cc(SC)ccc1C(=O)Nn1cnc2ccccc21. The number of amides is 1. The number of hydrogen-bond donors (Lipinski definition) is 1. The Bertz CT molecular complexity index is 829. The van der Waals surface area contributed by atoms with E-state index in [4.69, 9.17) is 4.74 Å². The molecule has 5 nitrogen and oxygen atoms in total. The molecule has 0 saturated heterocycles. The van der Waals surface area contributed by atoms with Crippen molar-refractivity contribution >= 4 is 28.7 Å². The van der Waals surface area contributed by atoms with E-state index in [1.54, 1.807) is 35.9 Å². The van der Waals surface area contributed by atoms with Gasteiger partial charge in [-0.25, -0.2) is 9.66 Å². The summed E-state index contributed by atoms with van der Waals surface area (Å²) in [6.45, 7) is 0. The molecule has 1 N–H and O–H groups in total. The molecule has 1 heterocycles. The molecule has 0 spiro atoms. The Hall–Kier alpha value is -2.47. The van der Waals surface area contributed by atoms with Crippen molar-refractivity contribution in [1.82, 2.24) is 9.66 Å². The van der Waals surface area contributed by atoms with Crippen molar-refractivity contribution in [3.05, 3.63) is 54.4 Å². The van der Waals surface area contributed by atoms with Crippen LogP contribution in [0.4, 0.5) is 0 Å². The maximum atomic E-state index is 12.5. The number of para-hydroxylation sites is 2. The van der Waals surface area contributed by atoms with E-state index >= 15 is 0 Å². The minimum Gasteiger partial charge on any atom is -0.496 e. The van der Waals surface area contributed by atoms with Crippen LogP contribution in [0.2, 0.25) is 0 Å². The summed E-state index contributed by atoms with van der Waals surface area (Å²) < 4.78 is 6.93. The second-order valence-electron chi connectivity index (χ2n) is 4.61. The molecule has 0 radical (unpaired) electrons. The third-order valence-corrected chi connectivity index (χ3v) is 4.05. The molecule has 0 atom stereocenters. The van der Waals surface area contributed by atoms with E-state index in [1.807, 2.05) is 42.7 Å². The van der Waals surface area contributed by atoms with E-state index in [9.17, 15) is 4.79 Å². The highest BCUT2D eigenvalue weighted by Gasteiger charge is 2.14. The summed E-state index contributed by atoms with van der Waals surface area (Å²) in [4.78, 5) is 17.8. The summed E-state index contributed by atoms with van der Waals surface area (Å²) in [5, 5.41) is 0. The monoisotopic (exact) mass is 313 g/mol. The summed E-state index contributed by atoms with van der Waals surface area (Å²) in [6.07, 6.45) is 3.57. The van der Waals surface area contributed by atoms with Crippen LogP contribution in [0.15, 0.2) is 53.7 Å². The maximum absolute atomic E-state index is 12.5. The summed E-state index contributed by atoms with van der Waals surface area (Å²) in [6, 6.07) is 13.1. The van der Waals surface area contributed by atoms with Crippen LogP contribution in [0.1, 0.15) is 10.4 Å². The molecule has 3 rings (SSSR count). The largest absolute Gasteiger partial charge is 0.496 e. The number of rotatable bonds is 4. The number of nitrogens with zero attached hydrogens (tertiary/aromatic N) is 2. The van der Waals surface area contributed by atoms with Gasteiger partial charge in [-0.05, 0) is 36.6 Å². The summed E-state index contributed by atoms with van der Waals surface area (Å²) in [7, 11) is 1.56. The Balaban J connectivity index is 1.91. The first-order valence-corrected chi connectivity index (χ1v) is 7.91. The second-order valence-corrected chi connectivity index (χ2v) is 5.49. The van der Waals surface area contributed by atoms with Crippen molar-refractivity contribution in [2.75, 3.05) is 18.8 Å². The number of carbonyl (C=O) groups is 1. The highest BCUT2D eigenvalue weighted by atomic mass is 32.2. The van der Waals surface area contributed by atoms with E-state index in [0.29, 0.717) is 11.3 Å². The average Bonchev–Trinajstić information content (AvgIpc) is 2.97. The van der Waals surface area contributed by atoms with Gasteiger partial charge in [-0.3, -0.25) is 10.2 Å². The lowest BCUT2D eigenvalue weighted by atomic mass is 10.2. The van der Waals surface area contributed by atoms with Crippen LogP contribution < -0.4 is 10.2 Å². The van der Waals surface area contributed by atoms with Crippen molar-refractivity contribution in [1.29, 1.82) is 0 Å².